The van der Waals surface area contributed by atoms with E-state index in [0.717, 1.165) is 25.0 Å². The van der Waals surface area contributed by atoms with Gasteiger partial charge < -0.3 is 10.2 Å². The molecule has 0 unspecified atom stereocenters. The number of rotatable bonds is 4. The zero-order chi connectivity index (χ0) is 8.69. The van der Waals surface area contributed by atoms with Crippen molar-refractivity contribution >= 4 is 5.97 Å². The van der Waals surface area contributed by atoms with Crippen LogP contribution < -0.4 is 0 Å². The molecule has 0 aliphatic heterocycles. The van der Waals surface area contributed by atoms with E-state index in [1.54, 1.807) is 6.08 Å². The fraction of sp³-hybridized carbons (Fsp3) is 0.375. The number of carboxylic acids is 1. The molecule has 0 amide bonds. The van der Waals surface area contributed by atoms with Crippen molar-refractivity contribution in [1.29, 1.82) is 0 Å². The zero-order valence-corrected chi connectivity index (χ0v) is 6.45. The van der Waals surface area contributed by atoms with Gasteiger partial charge in [0, 0.05) is 6.08 Å². The maximum absolute atomic E-state index is 9.95. The molecule has 0 aliphatic carbocycles. The van der Waals surface area contributed by atoms with Gasteiger partial charge in [-0.1, -0.05) is 13.3 Å². The van der Waals surface area contributed by atoms with Crippen molar-refractivity contribution in [1.82, 2.24) is 0 Å². The van der Waals surface area contributed by atoms with Gasteiger partial charge in [-0.25, -0.2) is 4.79 Å². The van der Waals surface area contributed by atoms with Crippen molar-refractivity contribution in [2.24, 2.45) is 0 Å². The number of aliphatic hydroxyl groups excluding tert-OH is 1. The third-order valence-corrected chi connectivity index (χ3v) is 1.04. The standard InChI is InChI=1S/C8H12O3/c1-2-3-4-7(9)5-6-8(10)11/h4-6,9H,2-3H2,1H3,(H,10,11). The summed E-state index contributed by atoms with van der Waals surface area (Å²) >= 11 is 0. The van der Waals surface area contributed by atoms with Gasteiger partial charge in [-0.2, -0.15) is 0 Å². The van der Waals surface area contributed by atoms with Crippen LogP contribution in [-0.2, 0) is 4.79 Å². The Labute approximate surface area is 65.7 Å². The molecule has 11 heavy (non-hydrogen) atoms. The molecule has 62 valence electrons. The molecule has 2 N–H and O–H groups in total. The number of carbonyl (C=O) groups is 1. The van der Waals surface area contributed by atoms with Gasteiger partial charge in [-0.3, -0.25) is 0 Å². The molecule has 0 atom stereocenters. The number of hydrogen-bond acceptors (Lipinski definition) is 2. The van der Waals surface area contributed by atoms with Gasteiger partial charge in [-0.05, 0) is 18.6 Å². The van der Waals surface area contributed by atoms with Crippen molar-refractivity contribution < 1.29 is 15.0 Å². The van der Waals surface area contributed by atoms with Crippen LogP contribution in [0, 0.1) is 0 Å². The number of aliphatic hydroxyl groups is 1. The van der Waals surface area contributed by atoms with Crippen molar-refractivity contribution in [2.75, 3.05) is 0 Å². The summed E-state index contributed by atoms with van der Waals surface area (Å²) in [5.74, 6) is -1.05. The molecule has 0 aromatic heterocycles. The molecule has 0 fully saturated rings. The Bertz CT molecular complexity index is 180. The molecule has 0 spiro atoms. The molecule has 0 saturated heterocycles. The van der Waals surface area contributed by atoms with Crippen LogP contribution in [0.3, 0.4) is 0 Å². The number of allylic oxidation sites excluding steroid dienone is 2. The van der Waals surface area contributed by atoms with Crippen LogP contribution in [0.1, 0.15) is 19.8 Å². The van der Waals surface area contributed by atoms with E-state index < -0.39 is 5.97 Å². The number of hydrogen-bond donors (Lipinski definition) is 2. The fourth-order valence-electron chi connectivity index (χ4n) is 0.517. The van der Waals surface area contributed by atoms with Crippen LogP contribution in [0.25, 0.3) is 0 Å². The van der Waals surface area contributed by atoms with E-state index in [9.17, 15) is 4.79 Å². The first-order chi connectivity index (χ1) is 5.16. The highest BCUT2D eigenvalue weighted by atomic mass is 16.4. The van der Waals surface area contributed by atoms with E-state index in [1.807, 2.05) is 6.92 Å². The lowest BCUT2D eigenvalue weighted by molar-refractivity contribution is -0.131. The van der Waals surface area contributed by atoms with Crippen molar-refractivity contribution in [3.8, 4) is 0 Å². The minimum absolute atomic E-state index is 0.00856. The van der Waals surface area contributed by atoms with Gasteiger partial charge in [0.15, 0.2) is 0 Å². The lowest BCUT2D eigenvalue weighted by Gasteiger charge is -1.88. The smallest absolute Gasteiger partial charge is 0.328 e. The summed E-state index contributed by atoms with van der Waals surface area (Å²) in [4.78, 5) is 9.95. The largest absolute Gasteiger partial charge is 0.508 e. The van der Waals surface area contributed by atoms with E-state index in [4.69, 9.17) is 10.2 Å². The van der Waals surface area contributed by atoms with E-state index in [2.05, 4.69) is 0 Å². The summed E-state index contributed by atoms with van der Waals surface area (Å²) < 4.78 is 0. The zero-order valence-electron chi connectivity index (χ0n) is 6.45. The van der Waals surface area contributed by atoms with Gasteiger partial charge >= 0.3 is 5.97 Å². The number of carboxylic acid groups (broad SMARTS) is 1. The summed E-state index contributed by atoms with van der Waals surface area (Å²) in [6, 6.07) is 0. The molecule has 0 rings (SSSR count). The Balaban J connectivity index is 3.84. The summed E-state index contributed by atoms with van der Waals surface area (Å²) in [5.41, 5.74) is 0. The Kier molecular flexibility index (Phi) is 4.90. The molecule has 0 bridgehead atoms. The topological polar surface area (TPSA) is 57.5 Å². The summed E-state index contributed by atoms with van der Waals surface area (Å²) in [6.07, 6.45) is 5.35. The monoisotopic (exact) mass is 156 g/mol. The Morgan fingerprint density at radius 2 is 2.00 bits per heavy atom. The molecular formula is C8H12O3. The van der Waals surface area contributed by atoms with Crippen LogP contribution in [0.15, 0.2) is 24.0 Å². The second-order valence-electron chi connectivity index (χ2n) is 2.09. The number of unbranched alkanes of at least 4 members (excludes halogenated alkanes) is 1. The molecule has 0 heterocycles. The molecule has 0 aromatic rings. The SMILES string of the molecule is CCCC=C(O)C=CC(=O)O. The maximum Gasteiger partial charge on any atom is 0.328 e. The predicted molar refractivity (Wildman–Crippen MR) is 42.4 cm³/mol. The molecular weight excluding hydrogens is 144 g/mol. The average molecular weight is 156 g/mol. The molecule has 3 nitrogen and oxygen atoms in total. The first kappa shape index (κ1) is 9.75. The van der Waals surface area contributed by atoms with E-state index in [-0.39, 0.29) is 5.76 Å². The van der Waals surface area contributed by atoms with Crippen LogP contribution in [-0.4, -0.2) is 16.2 Å². The summed E-state index contributed by atoms with van der Waals surface area (Å²) in [5, 5.41) is 17.1. The van der Waals surface area contributed by atoms with Crippen molar-refractivity contribution in [2.45, 2.75) is 19.8 Å². The minimum atomic E-state index is -1.05. The predicted octanol–water partition coefficient (Wildman–Crippen LogP) is 1.87. The quantitative estimate of drug-likeness (QED) is 0.371. The Hall–Kier alpha value is -1.25. The van der Waals surface area contributed by atoms with E-state index in [1.165, 1.54) is 0 Å². The lowest BCUT2D eigenvalue weighted by atomic mass is 10.3. The third-order valence-electron chi connectivity index (χ3n) is 1.04. The highest BCUT2D eigenvalue weighted by Crippen LogP contribution is 1.96. The summed E-state index contributed by atoms with van der Waals surface area (Å²) in [7, 11) is 0. The van der Waals surface area contributed by atoms with Crippen molar-refractivity contribution in [3.05, 3.63) is 24.0 Å². The van der Waals surface area contributed by atoms with Gasteiger partial charge in [-0.15, -0.1) is 0 Å². The second-order valence-corrected chi connectivity index (χ2v) is 2.09. The van der Waals surface area contributed by atoms with Crippen LogP contribution in [0.2, 0.25) is 0 Å². The highest BCUT2D eigenvalue weighted by Gasteiger charge is 1.87. The molecule has 3 heteroatoms. The third kappa shape index (κ3) is 6.64. The van der Waals surface area contributed by atoms with Crippen molar-refractivity contribution in [3.63, 3.8) is 0 Å². The number of aliphatic carboxylic acids is 1. The average Bonchev–Trinajstić information content (AvgIpc) is 1.97. The maximum atomic E-state index is 9.95. The van der Waals surface area contributed by atoms with Gasteiger partial charge in [0.1, 0.15) is 5.76 Å². The first-order valence-corrected chi connectivity index (χ1v) is 3.47. The van der Waals surface area contributed by atoms with Gasteiger partial charge in [0.25, 0.3) is 0 Å². The van der Waals surface area contributed by atoms with Gasteiger partial charge in [0.2, 0.25) is 0 Å². The molecule has 0 aromatic carbocycles. The summed E-state index contributed by atoms with van der Waals surface area (Å²) in [6.45, 7) is 1.98. The fourth-order valence-corrected chi connectivity index (χ4v) is 0.517. The van der Waals surface area contributed by atoms with Gasteiger partial charge in [0.05, 0.1) is 0 Å². The highest BCUT2D eigenvalue weighted by molar-refractivity contribution is 5.80. The Morgan fingerprint density at radius 1 is 1.36 bits per heavy atom. The first-order valence-electron chi connectivity index (χ1n) is 3.47. The lowest BCUT2D eigenvalue weighted by Crippen LogP contribution is -1.86. The molecule has 0 radical (unpaired) electrons. The van der Waals surface area contributed by atoms with E-state index in [0.29, 0.717) is 0 Å². The Morgan fingerprint density at radius 3 is 2.45 bits per heavy atom. The second kappa shape index (κ2) is 5.53. The van der Waals surface area contributed by atoms with Crippen LogP contribution in [0.5, 0.6) is 0 Å². The van der Waals surface area contributed by atoms with Crippen LogP contribution in [0.4, 0.5) is 0 Å². The normalized spacial score (nSPS) is 12.3. The molecule has 0 aliphatic rings. The van der Waals surface area contributed by atoms with E-state index >= 15 is 0 Å². The minimum Gasteiger partial charge on any atom is -0.508 e. The van der Waals surface area contributed by atoms with Crippen LogP contribution >= 0.6 is 0 Å². The molecule has 0 saturated carbocycles.